The van der Waals surface area contributed by atoms with Crippen molar-refractivity contribution in [3.05, 3.63) is 24.0 Å². The summed E-state index contributed by atoms with van der Waals surface area (Å²) in [5.74, 6) is -1.45. The van der Waals surface area contributed by atoms with Crippen LogP contribution in [0.4, 0.5) is 23.2 Å². The second-order valence-electron chi connectivity index (χ2n) is 4.00. The molecule has 0 aromatic heterocycles. The monoisotopic (exact) mass is 328 g/mol. The fourth-order valence-corrected chi connectivity index (χ4v) is 2.37. The number of halogens is 4. The van der Waals surface area contributed by atoms with Crippen LogP contribution in [-0.4, -0.2) is 32.9 Å². The molecule has 0 aliphatic rings. The lowest BCUT2D eigenvalue weighted by Crippen LogP contribution is -2.28. The minimum Gasteiger partial charge on any atom is -0.382 e. The van der Waals surface area contributed by atoms with Crippen LogP contribution in [0.15, 0.2) is 23.1 Å². The van der Waals surface area contributed by atoms with Crippen molar-refractivity contribution in [2.75, 3.05) is 18.4 Å². The molecular formula is C11H12F4N2O3S. The Morgan fingerprint density at radius 3 is 2.38 bits per heavy atom. The Kier molecular flexibility index (Phi) is 5.15. The van der Waals surface area contributed by atoms with Gasteiger partial charge in [-0.3, -0.25) is 4.79 Å². The number of benzene rings is 1. The maximum absolute atomic E-state index is 13.0. The Morgan fingerprint density at radius 2 is 1.86 bits per heavy atom. The van der Waals surface area contributed by atoms with E-state index < -0.39 is 26.1 Å². The van der Waals surface area contributed by atoms with Gasteiger partial charge in [0.2, 0.25) is 5.91 Å². The third-order valence-corrected chi connectivity index (χ3v) is 3.88. The first kappa shape index (κ1) is 17.2. The standard InChI is InChI=1S/C11H12F4N2O3S/c1-7(18)16-4-5-17-9-3-2-8(12)6-10(9)21(19,20)11(13,14)15/h2-3,6,17H,4-5H2,1H3,(H,16,18). The van der Waals surface area contributed by atoms with E-state index in [4.69, 9.17) is 0 Å². The van der Waals surface area contributed by atoms with E-state index in [2.05, 4.69) is 10.6 Å². The number of sulfone groups is 1. The number of anilines is 1. The summed E-state index contributed by atoms with van der Waals surface area (Å²) in [5, 5.41) is 4.78. The summed E-state index contributed by atoms with van der Waals surface area (Å²) < 4.78 is 73.4. The molecule has 0 saturated carbocycles. The quantitative estimate of drug-likeness (QED) is 0.637. The largest absolute Gasteiger partial charge is 0.501 e. The lowest BCUT2D eigenvalue weighted by Gasteiger charge is -2.14. The third kappa shape index (κ3) is 4.31. The Morgan fingerprint density at radius 1 is 1.24 bits per heavy atom. The molecule has 10 heteroatoms. The molecule has 21 heavy (non-hydrogen) atoms. The van der Waals surface area contributed by atoms with E-state index in [0.717, 1.165) is 12.1 Å². The summed E-state index contributed by atoms with van der Waals surface area (Å²) in [7, 11) is -5.67. The minimum atomic E-state index is -5.67. The molecule has 0 radical (unpaired) electrons. The van der Waals surface area contributed by atoms with Gasteiger partial charge in [0.1, 0.15) is 10.7 Å². The van der Waals surface area contributed by atoms with Crippen LogP contribution in [0.25, 0.3) is 0 Å². The van der Waals surface area contributed by atoms with Gasteiger partial charge in [-0.25, -0.2) is 12.8 Å². The van der Waals surface area contributed by atoms with Crippen molar-refractivity contribution in [2.45, 2.75) is 17.3 Å². The van der Waals surface area contributed by atoms with Crippen molar-refractivity contribution in [3.8, 4) is 0 Å². The highest BCUT2D eigenvalue weighted by Crippen LogP contribution is 2.34. The van der Waals surface area contributed by atoms with E-state index in [1.807, 2.05) is 0 Å². The first-order chi connectivity index (χ1) is 9.55. The second kappa shape index (κ2) is 6.29. The summed E-state index contributed by atoms with van der Waals surface area (Å²) in [6.45, 7) is 1.29. The molecule has 0 saturated heterocycles. The van der Waals surface area contributed by atoms with Crippen LogP contribution in [0.3, 0.4) is 0 Å². The van der Waals surface area contributed by atoms with Crippen molar-refractivity contribution in [1.29, 1.82) is 0 Å². The van der Waals surface area contributed by atoms with E-state index in [-0.39, 0.29) is 24.7 Å². The van der Waals surface area contributed by atoms with Crippen molar-refractivity contribution < 1.29 is 30.8 Å². The number of nitrogens with one attached hydrogen (secondary N) is 2. The number of rotatable bonds is 5. The molecule has 0 heterocycles. The van der Waals surface area contributed by atoms with Gasteiger partial charge in [0, 0.05) is 20.0 Å². The number of hydrogen-bond acceptors (Lipinski definition) is 4. The zero-order valence-electron chi connectivity index (χ0n) is 10.8. The van der Waals surface area contributed by atoms with E-state index in [1.54, 1.807) is 0 Å². The van der Waals surface area contributed by atoms with E-state index in [1.165, 1.54) is 6.92 Å². The number of amides is 1. The highest BCUT2D eigenvalue weighted by atomic mass is 32.2. The fourth-order valence-electron chi connectivity index (χ4n) is 1.42. The van der Waals surface area contributed by atoms with Crippen molar-refractivity contribution in [2.24, 2.45) is 0 Å². The maximum Gasteiger partial charge on any atom is 0.501 e. The Hall–Kier alpha value is -1.84. The van der Waals surface area contributed by atoms with Crippen LogP contribution in [0.1, 0.15) is 6.92 Å². The predicted molar refractivity (Wildman–Crippen MR) is 66.8 cm³/mol. The van der Waals surface area contributed by atoms with Crippen LogP contribution in [-0.2, 0) is 14.6 Å². The van der Waals surface area contributed by atoms with Gasteiger partial charge in [0.25, 0.3) is 9.84 Å². The normalized spacial score (nSPS) is 12.0. The molecule has 0 spiro atoms. The number of hydrogen-bond donors (Lipinski definition) is 2. The number of carbonyl (C=O) groups excluding carboxylic acids is 1. The van der Waals surface area contributed by atoms with Gasteiger partial charge in [-0.15, -0.1) is 0 Å². The molecule has 0 aliphatic carbocycles. The molecule has 2 N–H and O–H groups in total. The second-order valence-corrected chi connectivity index (χ2v) is 5.91. The Bertz CT molecular complexity index is 629. The fraction of sp³-hybridized carbons (Fsp3) is 0.364. The number of alkyl halides is 3. The van der Waals surface area contributed by atoms with E-state index in [9.17, 15) is 30.8 Å². The molecular weight excluding hydrogens is 316 g/mol. The topological polar surface area (TPSA) is 75.3 Å². The first-order valence-corrected chi connectivity index (χ1v) is 7.13. The predicted octanol–water partition coefficient (Wildman–Crippen LogP) is 1.67. The van der Waals surface area contributed by atoms with Gasteiger partial charge < -0.3 is 10.6 Å². The number of carbonyl (C=O) groups is 1. The molecule has 1 aromatic carbocycles. The molecule has 1 aromatic rings. The van der Waals surface area contributed by atoms with Crippen molar-refractivity contribution >= 4 is 21.4 Å². The van der Waals surface area contributed by atoms with Gasteiger partial charge in [0.15, 0.2) is 0 Å². The lowest BCUT2D eigenvalue weighted by atomic mass is 10.3. The van der Waals surface area contributed by atoms with Gasteiger partial charge in [-0.2, -0.15) is 13.2 Å². The first-order valence-electron chi connectivity index (χ1n) is 5.65. The molecule has 5 nitrogen and oxygen atoms in total. The summed E-state index contributed by atoms with van der Waals surface area (Å²) >= 11 is 0. The van der Waals surface area contributed by atoms with Gasteiger partial charge in [-0.1, -0.05) is 0 Å². The van der Waals surface area contributed by atoms with Crippen LogP contribution in [0.2, 0.25) is 0 Å². The molecule has 0 atom stereocenters. The molecule has 0 fully saturated rings. The summed E-state index contributed by atoms with van der Waals surface area (Å²) in [6.07, 6.45) is 0. The average molecular weight is 328 g/mol. The van der Waals surface area contributed by atoms with Crippen molar-refractivity contribution in [3.63, 3.8) is 0 Å². The highest BCUT2D eigenvalue weighted by molar-refractivity contribution is 7.92. The SMILES string of the molecule is CC(=O)NCCNc1ccc(F)cc1S(=O)(=O)C(F)(F)F. The Balaban J connectivity index is 3.04. The summed E-state index contributed by atoms with van der Waals surface area (Å²) in [5.41, 5.74) is -5.92. The van der Waals surface area contributed by atoms with Gasteiger partial charge in [-0.05, 0) is 18.2 Å². The van der Waals surface area contributed by atoms with Crippen LogP contribution in [0.5, 0.6) is 0 Å². The van der Waals surface area contributed by atoms with Crippen LogP contribution < -0.4 is 10.6 Å². The van der Waals surface area contributed by atoms with E-state index >= 15 is 0 Å². The molecule has 0 aliphatic heterocycles. The highest BCUT2D eigenvalue weighted by Gasteiger charge is 2.48. The zero-order valence-corrected chi connectivity index (χ0v) is 11.6. The van der Waals surface area contributed by atoms with Gasteiger partial charge in [0.05, 0.1) is 5.69 Å². The van der Waals surface area contributed by atoms with Crippen LogP contribution in [0, 0.1) is 5.82 Å². The molecule has 0 unspecified atom stereocenters. The van der Waals surface area contributed by atoms with Gasteiger partial charge >= 0.3 is 5.51 Å². The van der Waals surface area contributed by atoms with E-state index in [0.29, 0.717) is 6.07 Å². The molecule has 1 rings (SSSR count). The summed E-state index contributed by atoms with van der Waals surface area (Å²) in [4.78, 5) is 9.43. The lowest BCUT2D eigenvalue weighted by molar-refractivity contribution is -0.118. The molecule has 1 amide bonds. The minimum absolute atomic E-state index is 0.0222. The molecule has 118 valence electrons. The smallest absolute Gasteiger partial charge is 0.382 e. The maximum atomic E-state index is 13.0. The average Bonchev–Trinajstić information content (AvgIpc) is 2.34. The summed E-state index contributed by atoms with van der Waals surface area (Å²) in [6, 6.07) is 2.02. The molecule has 0 bridgehead atoms. The zero-order chi connectivity index (χ0) is 16.3. The van der Waals surface area contributed by atoms with Crippen molar-refractivity contribution in [1.82, 2.24) is 5.32 Å². The van der Waals surface area contributed by atoms with Crippen LogP contribution >= 0.6 is 0 Å². The Labute approximate surface area is 118 Å². The third-order valence-electron chi connectivity index (χ3n) is 2.35.